The number of nitrogens with zero attached hydrogens (tertiary/aromatic N) is 2. The van der Waals surface area contributed by atoms with E-state index in [0.29, 0.717) is 12.1 Å². The highest BCUT2D eigenvalue weighted by Crippen LogP contribution is 2.36. The van der Waals surface area contributed by atoms with Crippen LogP contribution in [0.3, 0.4) is 0 Å². The predicted octanol–water partition coefficient (Wildman–Crippen LogP) is 4.63. The number of aromatic nitrogens is 1. The van der Waals surface area contributed by atoms with Crippen molar-refractivity contribution in [2.75, 3.05) is 11.9 Å². The second-order valence-corrected chi connectivity index (χ2v) is 6.51. The molecule has 1 N–H and O–H groups in total. The molecule has 1 aromatic carbocycles. The Morgan fingerprint density at radius 2 is 2.04 bits per heavy atom. The average Bonchev–Trinajstić information content (AvgIpc) is 3.04. The third-order valence-corrected chi connectivity index (χ3v) is 4.79. The minimum Gasteiger partial charge on any atom is -0.367 e. The molecule has 3 heteroatoms. The Balaban J connectivity index is 1.80. The quantitative estimate of drug-likeness (QED) is 0.843. The van der Waals surface area contributed by atoms with Crippen LogP contribution in [0, 0.1) is 0 Å². The third kappa shape index (κ3) is 3.91. The Hall–Kier alpha value is -1.87. The first-order valence-electron chi connectivity index (χ1n) is 8.77. The van der Waals surface area contributed by atoms with Gasteiger partial charge in [-0.05, 0) is 44.4 Å². The minimum absolute atomic E-state index is 0.452. The molecule has 1 aromatic heterocycles. The van der Waals surface area contributed by atoms with Crippen LogP contribution in [0.15, 0.2) is 48.7 Å². The molecule has 122 valence electrons. The van der Waals surface area contributed by atoms with Crippen molar-refractivity contribution < 1.29 is 0 Å². The summed E-state index contributed by atoms with van der Waals surface area (Å²) >= 11 is 0. The fourth-order valence-electron chi connectivity index (χ4n) is 3.33. The number of likely N-dealkylation sites (tertiary alicyclic amines) is 1. The summed E-state index contributed by atoms with van der Waals surface area (Å²) in [7, 11) is 0. The summed E-state index contributed by atoms with van der Waals surface area (Å²) in [5, 5.41) is 3.58. The molecular weight excluding hydrogens is 282 g/mol. The molecular formula is C20H27N3. The van der Waals surface area contributed by atoms with Gasteiger partial charge in [-0.25, -0.2) is 4.98 Å². The first-order valence-corrected chi connectivity index (χ1v) is 8.77. The maximum absolute atomic E-state index is 4.61. The standard InChI is InChI=1S/C20H27N3/c1-3-16(2)22-20-18(11-7-13-21-20)19-12-8-14-23(19)15-17-9-5-4-6-10-17/h4-7,9-11,13,16,19H,3,8,12,14-15H2,1-2H3,(H,21,22)/t16-,19-/m0/s1. The highest BCUT2D eigenvalue weighted by atomic mass is 15.2. The van der Waals surface area contributed by atoms with Crippen molar-refractivity contribution in [1.82, 2.24) is 9.88 Å². The van der Waals surface area contributed by atoms with E-state index >= 15 is 0 Å². The normalized spacial score (nSPS) is 19.7. The molecule has 0 amide bonds. The van der Waals surface area contributed by atoms with Crippen LogP contribution in [0.25, 0.3) is 0 Å². The largest absolute Gasteiger partial charge is 0.367 e. The van der Waals surface area contributed by atoms with Gasteiger partial charge < -0.3 is 5.32 Å². The van der Waals surface area contributed by atoms with Gasteiger partial charge in [0, 0.05) is 30.4 Å². The molecule has 1 saturated heterocycles. The van der Waals surface area contributed by atoms with Gasteiger partial charge in [0.2, 0.25) is 0 Å². The molecule has 3 nitrogen and oxygen atoms in total. The number of nitrogens with one attached hydrogen (secondary N) is 1. The molecule has 2 heterocycles. The van der Waals surface area contributed by atoms with Gasteiger partial charge in [-0.2, -0.15) is 0 Å². The Labute approximate surface area is 139 Å². The second-order valence-electron chi connectivity index (χ2n) is 6.51. The van der Waals surface area contributed by atoms with Gasteiger partial charge in [-0.15, -0.1) is 0 Å². The van der Waals surface area contributed by atoms with Gasteiger partial charge in [-0.1, -0.05) is 43.3 Å². The van der Waals surface area contributed by atoms with E-state index in [9.17, 15) is 0 Å². The number of benzene rings is 1. The second kappa shape index (κ2) is 7.60. The molecule has 0 aliphatic carbocycles. The fourth-order valence-corrected chi connectivity index (χ4v) is 3.33. The summed E-state index contributed by atoms with van der Waals surface area (Å²) in [4.78, 5) is 7.21. The summed E-state index contributed by atoms with van der Waals surface area (Å²) < 4.78 is 0. The van der Waals surface area contributed by atoms with E-state index in [-0.39, 0.29) is 0 Å². The van der Waals surface area contributed by atoms with Gasteiger partial charge in [0.15, 0.2) is 0 Å². The minimum atomic E-state index is 0.452. The summed E-state index contributed by atoms with van der Waals surface area (Å²) in [6, 6.07) is 16.0. The Bertz CT molecular complexity index is 611. The smallest absolute Gasteiger partial charge is 0.130 e. The summed E-state index contributed by atoms with van der Waals surface area (Å²) in [6.07, 6.45) is 5.47. The van der Waals surface area contributed by atoms with Crippen LogP contribution in [-0.4, -0.2) is 22.5 Å². The number of pyridine rings is 1. The predicted molar refractivity (Wildman–Crippen MR) is 96.4 cm³/mol. The van der Waals surface area contributed by atoms with Crippen LogP contribution in [0.4, 0.5) is 5.82 Å². The molecule has 0 saturated carbocycles. The van der Waals surface area contributed by atoms with Crippen molar-refractivity contribution in [3.05, 3.63) is 59.8 Å². The fraction of sp³-hybridized carbons (Fsp3) is 0.450. The Morgan fingerprint density at radius 1 is 1.22 bits per heavy atom. The van der Waals surface area contributed by atoms with E-state index in [1.54, 1.807) is 0 Å². The topological polar surface area (TPSA) is 28.2 Å². The van der Waals surface area contributed by atoms with Crippen molar-refractivity contribution >= 4 is 5.82 Å². The molecule has 2 atom stereocenters. The Kier molecular flexibility index (Phi) is 5.29. The van der Waals surface area contributed by atoms with Crippen LogP contribution >= 0.6 is 0 Å². The van der Waals surface area contributed by atoms with Gasteiger partial charge >= 0.3 is 0 Å². The van der Waals surface area contributed by atoms with Crippen molar-refractivity contribution in [2.45, 2.75) is 51.7 Å². The lowest BCUT2D eigenvalue weighted by atomic mass is 10.0. The van der Waals surface area contributed by atoms with Crippen molar-refractivity contribution in [2.24, 2.45) is 0 Å². The number of hydrogen-bond donors (Lipinski definition) is 1. The van der Waals surface area contributed by atoms with E-state index in [1.165, 1.54) is 24.0 Å². The van der Waals surface area contributed by atoms with Gasteiger partial charge in [-0.3, -0.25) is 4.90 Å². The van der Waals surface area contributed by atoms with Crippen LogP contribution in [0.5, 0.6) is 0 Å². The molecule has 1 aliphatic heterocycles. The lowest BCUT2D eigenvalue weighted by Gasteiger charge is -2.27. The van der Waals surface area contributed by atoms with Crippen LogP contribution in [-0.2, 0) is 6.54 Å². The Morgan fingerprint density at radius 3 is 2.83 bits per heavy atom. The lowest BCUT2D eigenvalue weighted by molar-refractivity contribution is 0.248. The van der Waals surface area contributed by atoms with Crippen molar-refractivity contribution in [1.29, 1.82) is 0 Å². The molecule has 0 unspecified atom stereocenters. The zero-order chi connectivity index (χ0) is 16.1. The summed E-state index contributed by atoms with van der Waals surface area (Å²) in [5.41, 5.74) is 2.74. The zero-order valence-corrected chi connectivity index (χ0v) is 14.2. The van der Waals surface area contributed by atoms with E-state index < -0.39 is 0 Å². The van der Waals surface area contributed by atoms with Crippen LogP contribution in [0.1, 0.15) is 50.3 Å². The van der Waals surface area contributed by atoms with Gasteiger partial charge in [0.1, 0.15) is 5.82 Å². The van der Waals surface area contributed by atoms with Gasteiger partial charge in [0.25, 0.3) is 0 Å². The molecule has 0 spiro atoms. The van der Waals surface area contributed by atoms with Crippen molar-refractivity contribution in [3.8, 4) is 0 Å². The molecule has 23 heavy (non-hydrogen) atoms. The van der Waals surface area contributed by atoms with E-state index in [2.05, 4.69) is 71.5 Å². The molecule has 1 fully saturated rings. The van der Waals surface area contributed by atoms with E-state index in [0.717, 1.165) is 25.3 Å². The van der Waals surface area contributed by atoms with E-state index in [4.69, 9.17) is 0 Å². The zero-order valence-electron chi connectivity index (χ0n) is 14.2. The monoisotopic (exact) mass is 309 g/mol. The average molecular weight is 309 g/mol. The molecule has 2 aromatic rings. The summed E-state index contributed by atoms with van der Waals surface area (Å²) in [6.45, 7) is 6.60. The first-order chi connectivity index (χ1) is 11.3. The van der Waals surface area contributed by atoms with Crippen molar-refractivity contribution in [3.63, 3.8) is 0 Å². The molecule has 3 rings (SSSR count). The maximum atomic E-state index is 4.61. The van der Waals surface area contributed by atoms with Gasteiger partial charge in [0.05, 0.1) is 0 Å². The number of hydrogen-bond acceptors (Lipinski definition) is 3. The summed E-state index contributed by atoms with van der Waals surface area (Å²) in [5.74, 6) is 1.06. The van der Waals surface area contributed by atoms with Crippen LogP contribution < -0.4 is 5.32 Å². The van der Waals surface area contributed by atoms with Crippen LogP contribution in [0.2, 0.25) is 0 Å². The first kappa shape index (κ1) is 16.0. The molecule has 0 radical (unpaired) electrons. The number of rotatable bonds is 6. The van der Waals surface area contributed by atoms with E-state index in [1.807, 2.05) is 6.20 Å². The highest BCUT2D eigenvalue weighted by molar-refractivity contribution is 5.46. The number of anilines is 1. The molecule has 1 aliphatic rings. The lowest BCUT2D eigenvalue weighted by Crippen LogP contribution is -2.25. The highest BCUT2D eigenvalue weighted by Gasteiger charge is 2.28. The third-order valence-electron chi connectivity index (χ3n) is 4.79. The SMILES string of the molecule is CC[C@H](C)Nc1ncccc1[C@@H]1CCCN1Cc1ccccc1. The molecule has 0 bridgehead atoms. The maximum Gasteiger partial charge on any atom is 0.130 e.